The molecule has 15 heavy (non-hydrogen) atoms. The van der Waals surface area contributed by atoms with Gasteiger partial charge in [-0.2, -0.15) is 0 Å². The second-order valence-electron chi connectivity index (χ2n) is 4.01. The van der Waals surface area contributed by atoms with Gasteiger partial charge in [0.2, 0.25) is 0 Å². The van der Waals surface area contributed by atoms with Gasteiger partial charge in [-0.1, -0.05) is 47.8 Å². The molecular weight excluding hydrogens is 392 g/mol. The van der Waals surface area contributed by atoms with Crippen LogP contribution in [0.5, 0.6) is 0 Å². The molecule has 1 unspecified atom stereocenters. The molecule has 2 nitrogen and oxygen atoms in total. The standard InChI is InChI=1S/C10H17Br3O2/c11-5-10(6-12,7-13)8-15-9-3-1-2-4-14-9/h9H,1-8H2. The molecule has 0 amide bonds. The summed E-state index contributed by atoms with van der Waals surface area (Å²) in [6, 6.07) is 0. The maximum absolute atomic E-state index is 5.81. The number of rotatable bonds is 6. The van der Waals surface area contributed by atoms with Gasteiger partial charge in [-0.05, 0) is 19.3 Å². The van der Waals surface area contributed by atoms with Gasteiger partial charge in [0.1, 0.15) is 0 Å². The molecule has 1 heterocycles. The van der Waals surface area contributed by atoms with Crippen LogP contribution >= 0.6 is 47.8 Å². The number of ether oxygens (including phenoxy) is 2. The van der Waals surface area contributed by atoms with Gasteiger partial charge in [-0.3, -0.25) is 0 Å². The molecule has 0 bridgehead atoms. The highest BCUT2D eigenvalue weighted by atomic mass is 79.9. The van der Waals surface area contributed by atoms with Crippen molar-refractivity contribution in [2.45, 2.75) is 25.6 Å². The fraction of sp³-hybridized carbons (Fsp3) is 1.00. The van der Waals surface area contributed by atoms with Gasteiger partial charge >= 0.3 is 0 Å². The lowest BCUT2D eigenvalue weighted by molar-refractivity contribution is -0.173. The Kier molecular flexibility index (Phi) is 7.35. The summed E-state index contributed by atoms with van der Waals surface area (Å²) in [5, 5.41) is 2.76. The monoisotopic (exact) mass is 406 g/mol. The minimum Gasteiger partial charge on any atom is -0.353 e. The van der Waals surface area contributed by atoms with Crippen LogP contribution in [-0.4, -0.2) is 35.5 Å². The fourth-order valence-corrected chi connectivity index (χ4v) is 4.61. The van der Waals surface area contributed by atoms with E-state index in [0.29, 0.717) is 0 Å². The van der Waals surface area contributed by atoms with E-state index in [1.807, 2.05) is 0 Å². The number of hydrogen-bond donors (Lipinski definition) is 0. The number of alkyl halides is 3. The minimum absolute atomic E-state index is 0.00951. The lowest BCUT2D eigenvalue weighted by atomic mass is 9.98. The van der Waals surface area contributed by atoms with Crippen molar-refractivity contribution in [2.24, 2.45) is 5.41 Å². The normalized spacial score (nSPS) is 23.0. The van der Waals surface area contributed by atoms with Gasteiger partial charge in [0.05, 0.1) is 6.61 Å². The van der Waals surface area contributed by atoms with Crippen molar-refractivity contribution in [1.82, 2.24) is 0 Å². The summed E-state index contributed by atoms with van der Waals surface area (Å²) in [5.74, 6) is 0. The molecule has 1 aliphatic heterocycles. The first kappa shape index (κ1) is 14.4. The van der Waals surface area contributed by atoms with Gasteiger partial charge in [0, 0.05) is 28.0 Å². The maximum atomic E-state index is 5.81. The highest BCUT2D eigenvalue weighted by Gasteiger charge is 2.29. The van der Waals surface area contributed by atoms with E-state index in [1.54, 1.807) is 0 Å². The third kappa shape index (κ3) is 4.62. The van der Waals surface area contributed by atoms with Crippen LogP contribution in [-0.2, 0) is 9.47 Å². The zero-order valence-corrected chi connectivity index (χ0v) is 13.4. The van der Waals surface area contributed by atoms with E-state index in [2.05, 4.69) is 47.8 Å². The Labute approximate surface area is 117 Å². The van der Waals surface area contributed by atoms with E-state index in [9.17, 15) is 0 Å². The quantitative estimate of drug-likeness (QED) is 0.624. The van der Waals surface area contributed by atoms with Gasteiger partial charge in [-0.25, -0.2) is 0 Å². The molecule has 1 atom stereocenters. The van der Waals surface area contributed by atoms with Gasteiger partial charge < -0.3 is 9.47 Å². The van der Waals surface area contributed by atoms with Crippen molar-refractivity contribution < 1.29 is 9.47 Å². The summed E-state index contributed by atoms with van der Waals surface area (Å²) in [6.07, 6.45) is 3.42. The smallest absolute Gasteiger partial charge is 0.157 e. The van der Waals surface area contributed by atoms with Crippen LogP contribution in [0.3, 0.4) is 0 Å². The third-order valence-corrected chi connectivity index (χ3v) is 6.13. The van der Waals surface area contributed by atoms with E-state index in [1.165, 1.54) is 12.8 Å². The molecule has 0 saturated carbocycles. The van der Waals surface area contributed by atoms with E-state index in [0.717, 1.165) is 35.6 Å². The predicted molar refractivity (Wildman–Crippen MR) is 73.4 cm³/mol. The SMILES string of the molecule is BrCC(CBr)(CBr)COC1CCCCO1. The topological polar surface area (TPSA) is 18.5 Å². The van der Waals surface area contributed by atoms with Crippen molar-refractivity contribution in [3.63, 3.8) is 0 Å². The molecule has 0 radical (unpaired) electrons. The highest BCUT2D eigenvalue weighted by molar-refractivity contribution is 9.10. The lowest BCUT2D eigenvalue weighted by Crippen LogP contribution is -2.36. The molecule has 1 fully saturated rings. The molecule has 90 valence electrons. The van der Waals surface area contributed by atoms with Crippen molar-refractivity contribution in [3.8, 4) is 0 Å². The molecule has 1 aliphatic rings. The molecule has 1 saturated heterocycles. The zero-order chi connectivity index (χ0) is 11.1. The van der Waals surface area contributed by atoms with E-state index < -0.39 is 0 Å². The Morgan fingerprint density at radius 2 is 1.80 bits per heavy atom. The zero-order valence-electron chi connectivity index (χ0n) is 8.68. The van der Waals surface area contributed by atoms with Crippen LogP contribution < -0.4 is 0 Å². The maximum Gasteiger partial charge on any atom is 0.157 e. The molecule has 0 aromatic rings. The first-order valence-corrected chi connectivity index (χ1v) is 8.54. The van der Waals surface area contributed by atoms with Crippen molar-refractivity contribution in [1.29, 1.82) is 0 Å². The van der Waals surface area contributed by atoms with Gasteiger partial charge in [-0.15, -0.1) is 0 Å². The van der Waals surface area contributed by atoms with Crippen LogP contribution in [0.15, 0.2) is 0 Å². The summed E-state index contributed by atoms with van der Waals surface area (Å²) in [5.41, 5.74) is 0.126. The molecule has 0 aliphatic carbocycles. The summed E-state index contributed by atoms with van der Waals surface area (Å²) in [4.78, 5) is 0. The number of halogens is 3. The molecule has 0 N–H and O–H groups in total. The summed E-state index contributed by atoms with van der Waals surface area (Å²) >= 11 is 10.6. The van der Waals surface area contributed by atoms with Crippen LogP contribution in [0, 0.1) is 5.41 Å². The van der Waals surface area contributed by atoms with Gasteiger partial charge in [0.25, 0.3) is 0 Å². The lowest BCUT2D eigenvalue weighted by Gasteiger charge is -2.31. The Balaban J connectivity index is 2.31. The average Bonchev–Trinajstić information content (AvgIpc) is 2.33. The first-order chi connectivity index (χ1) is 7.26. The molecule has 1 rings (SSSR count). The average molecular weight is 409 g/mol. The van der Waals surface area contributed by atoms with E-state index in [4.69, 9.17) is 9.47 Å². The second kappa shape index (κ2) is 7.64. The number of hydrogen-bond acceptors (Lipinski definition) is 2. The van der Waals surface area contributed by atoms with Crippen LogP contribution in [0.1, 0.15) is 19.3 Å². The first-order valence-electron chi connectivity index (χ1n) is 5.17. The molecule has 0 aromatic heterocycles. The molecule has 5 heteroatoms. The Morgan fingerprint density at radius 1 is 1.13 bits per heavy atom. The fourth-order valence-electron chi connectivity index (χ4n) is 1.34. The molecular formula is C10H17Br3O2. The van der Waals surface area contributed by atoms with Crippen LogP contribution in [0.25, 0.3) is 0 Å². The highest BCUT2D eigenvalue weighted by Crippen LogP contribution is 2.27. The largest absolute Gasteiger partial charge is 0.353 e. The summed E-state index contributed by atoms with van der Waals surface area (Å²) in [6.45, 7) is 1.56. The van der Waals surface area contributed by atoms with Gasteiger partial charge in [0.15, 0.2) is 6.29 Å². The Bertz CT molecular complexity index is 160. The summed E-state index contributed by atoms with van der Waals surface area (Å²) < 4.78 is 11.3. The van der Waals surface area contributed by atoms with Crippen molar-refractivity contribution in [2.75, 3.05) is 29.2 Å². The summed E-state index contributed by atoms with van der Waals surface area (Å²) in [7, 11) is 0. The van der Waals surface area contributed by atoms with Crippen LogP contribution in [0.2, 0.25) is 0 Å². The molecule has 0 aromatic carbocycles. The predicted octanol–water partition coefficient (Wildman–Crippen LogP) is 3.70. The minimum atomic E-state index is 0.00951. The van der Waals surface area contributed by atoms with Crippen LogP contribution in [0.4, 0.5) is 0 Å². The van der Waals surface area contributed by atoms with E-state index >= 15 is 0 Å². The second-order valence-corrected chi connectivity index (χ2v) is 5.69. The van der Waals surface area contributed by atoms with E-state index in [-0.39, 0.29) is 11.7 Å². The van der Waals surface area contributed by atoms with Crippen molar-refractivity contribution >= 4 is 47.8 Å². The van der Waals surface area contributed by atoms with Crippen molar-refractivity contribution in [3.05, 3.63) is 0 Å². The Morgan fingerprint density at radius 3 is 2.27 bits per heavy atom. The Hall–Kier alpha value is 1.36. The third-order valence-electron chi connectivity index (χ3n) is 2.56. The molecule has 0 spiro atoms.